The number of hydrogen-bond donors (Lipinski definition) is 0. The molecule has 2 rings (SSSR count). The van der Waals surface area contributed by atoms with Crippen LogP contribution in [-0.2, 0) is 9.53 Å². The molecule has 1 aromatic carbocycles. The number of ketones is 1. The van der Waals surface area contributed by atoms with Crippen molar-refractivity contribution in [2.45, 2.75) is 59.3 Å². The van der Waals surface area contributed by atoms with Crippen molar-refractivity contribution in [3.8, 4) is 0 Å². The molecule has 126 valence electrons. The molecule has 0 saturated heterocycles. The van der Waals surface area contributed by atoms with Crippen LogP contribution in [0, 0.1) is 11.3 Å². The molecule has 1 aliphatic carbocycles. The van der Waals surface area contributed by atoms with Crippen LogP contribution < -0.4 is 0 Å². The summed E-state index contributed by atoms with van der Waals surface area (Å²) in [7, 11) is 0. The van der Waals surface area contributed by atoms with Gasteiger partial charge in [0, 0.05) is 5.56 Å². The van der Waals surface area contributed by atoms with Gasteiger partial charge in [0.25, 0.3) is 5.78 Å². The Balaban J connectivity index is 2.16. The highest BCUT2D eigenvalue weighted by atomic mass is 16.5. The number of carbonyl (C=O) groups excluding carboxylic acids is 2. The monoisotopic (exact) mass is 316 g/mol. The van der Waals surface area contributed by atoms with Gasteiger partial charge in [-0.3, -0.25) is 4.79 Å². The molecule has 1 aliphatic rings. The summed E-state index contributed by atoms with van der Waals surface area (Å²) in [4.78, 5) is 24.1. The van der Waals surface area contributed by atoms with Crippen LogP contribution in [-0.4, -0.2) is 18.4 Å². The largest absolute Gasteiger partial charge is 0.460 e. The van der Waals surface area contributed by atoms with Crippen LogP contribution >= 0.6 is 0 Å². The molecule has 3 nitrogen and oxygen atoms in total. The number of rotatable bonds is 4. The topological polar surface area (TPSA) is 43.4 Å². The molecule has 0 atom stereocenters. The van der Waals surface area contributed by atoms with Crippen LogP contribution in [0.5, 0.6) is 0 Å². The van der Waals surface area contributed by atoms with Gasteiger partial charge in [-0.1, -0.05) is 45.0 Å². The van der Waals surface area contributed by atoms with E-state index in [2.05, 4.69) is 20.8 Å². The maximum atomic E-state index is 12.3. The van der Waals surface area contributed by atoms with Gasteiger partial charge in [0.05, 0.1) is 6.61 Å². The number of ether oxygens (including phenoxy) is 1. The summed E-state index contributed by atoms with van der Waals surface area (Å²) in [6, 6.07) is 7.52. The Labute approximate surface area is 139 Å². The maximum absolute atomic E-state index is 12.3. The Morgan fingerprint density at radius 3 is 2.26 bits per heavy atom. The van der Waals surface area contributed by atoms with E-state index in [1.165, 1.54) is 12.8 Å². The lowest BCUT2D eigenvalue weighted by Crippen LogP contribution is -2.26. The zero-order valence-electron chi connectivity index (χ0n) is 14.7. The third-order valence-corrected chi connectivity index (χ3v) is 5.06. The summed E-state index contributed by atoms with van der Waals surface area (Å²) in [5.74, 6) is -0.168. The van der Waals surface area contributed by atoms with E-state index in [0.717, 1.165) is 24.3 Å². The van der Waals surface area contributed by atoms with Crippen LogP contribution in [0.4, 0.5) is 0 Å². The Hall–Kier alpha value is -1.64. The minimum absolute atomic E-state index is 0.226. The molecule has 0 spiro atoms. The second kappa shape index (κ2) is 7.29. The standard InChI is InChI=1S/C20H28O3/c1-5-23-19(22)18(21)17-9-7-6-8-16(17)14-10-12-15(13-11-14)20(2,3)4/h6-9,14-15H,5,10-13H2,1-4H3. The lowest BCUT2D eigenvalue weighted by atomic mass is 9.68. The summed E-state index contributed by atoms with van der Waals surface area (Å²) in [6.45, 7) is 8.84. The smallest absolute Gasteiger partial charge is 0.379 e. The van der Waals surface area contributed by atoms with Crippen molar-refractivity contribution in [1.29, 1.82) is 0 Å². The molecule has 1 fully saturated rings. The third kappa shape index (κ3) is 4.21. The van der Waals surface area contributed by atoms with Gasteiger partial charge in [-0.2, -0.15) is 0 Å². The Kier molecular flexibility index (Phi) is 5.61. The van der Waals surface area contributed by atoms with Crippen LogP contribution in [0.3, 0.4) is 0 Å². The molecule has 3 heteroatoms. The van der Waals surface area contributed by atoms with Crippen molar-refractivity contribution in [3.63, 3.8) is 0 Å². The molecule has 0 aromatic heterocycles. The van der Waals surface area contributed by atoms with Crippen LogP contribution in [0.2, 0.25) is 0 Å². The van der Waals surface area contributed by atoms with E-state index in [0.29, 0.717) is 16.9 Å². The van der Waals surface area contributed by atoms with Gasteiger partial charge in [0.1, 0.15) is 0 Å². The molecule has 23 heavy (non-hydrogen) atoms. The van der Waals surface area contributed by atoms with Gasteiger partial charge in [-0.25, -0.2) is 4.79 Å². The number of Topliss-reactive ketones (excluding diaryl/α,β-unsaturated/α-hetero) is 1. The second-order valence-electron chi connectivity index (χ2n) is 7.55. The fourth-order valence-electron chi connectivity index (χ4n) is 3.64. The van der Waals surface area contributed by atoms with Crippen molar-refractivity contribution in [3.05, 3.63) is 35.4 Å². The number of carbonyl (C=O) groups is 2. The number of benzene rings is 1. The predicted molar refractivity (Wildman–Crippen MR) is 91.6 cm³/mol. The van der Waals surface area contributed by atoms with Gasteiger partial charge in [0.15, 0.2) is 0 Å². The van der Waals surface area contributed by atoms with Gasteiger partial charge in [-0.15, -0.1) is 0 Å². The Morgan fingerprint density at radius 2 is 1.70 bits per heavy atom. The number of hydrogen-bond acceptors (Lipinski definition) is 3. The molecule has 1 saturated carbocycles. The minimum Gasteiger partial charge on any atom is -0.460 e. The lowest BCUT2D eigenvalue weighted by molar-refractivity contribution is -0.137. The van der Waals surface area contributed by atoms with E-state index >= 15 is 0 Å². The highest BCUT2D eigenvalue weighted by Crippen LogP contribution is 2.43. The highest BCUT2D eigenvalue weighted by molar-refractivity contribution is 6.41. The van der Waals surface area contributed by atoms with Crippen LogP contribution in [0.1, 0.15) is 75.2 Å². The van der Waals surface area contributed by atoms with Gasteiger partial charge >= 0.3 is 5.97 Å². The van der Waals surface area contributed by atoms with E-state index in [1.807, 2.05) is 18.2 Å². The van der Waals surface area contributed by atoms with E-state index in [1.54, 1.807) is 13.0 Å². The van der Waals surface area contributed by atoms with E-state index in [-0.39, 0.29) is 6.61 Å². The summed E-state index contributed by atoms with van der Waals surface area (Å²) < 4.78 is 4.87. The summed E-state index contributed by atoms with van der Waals surface area (Å²) in [6.07, 6.45) is 4.51. The molecule has 0 bridgehead atoms. The van der Waals surface area contributed by atoms with Crippen LogP contribution in [0.25, 0.3) is 0 Å². The van der Waals surface area contributed by atoms with Gasteiger partial charge in [0.2, 0.25) is 0 Å². The maximum Gasteiger partial charge on any atom is 0.379 e. The first-order chi connectivity index (χ1) is 10.8. The molecule has 0 aliphatic heterocycles. The Morgan fingerprint density at radius 1 is 1.09 bits per heavy atom. The SMILES string of the molecule is CCOC(=O)C(=O)c1ccccc1C1CCC(C(C)(C)C)CC1. The van der Waals surface area contributed by atoms with Crippen molar-refractivity contribution >= 4 is 11.8 Å². The quantitative estimate of drug-likeness (QED) is 0.457. The highest BCUT2D eigenvalue weighted by Gasteiger charge is 2.32. The fraction of sp³-hybridized carbons (Fsp3) is 0.600. The van der Waals surface area contributed by atoms with Crippen molar-refractivity contribution in [2.24, 2.45) is 11.3 Å². The van der Waals surface area contributed by atoms with Crippen molar-refractivity contribution in [2.75, 3.05) is 6.61 Å². The molecular weight excluding hydrogens is 288 g/mol. The normalized spacial score (nSPS) is 21.7. The molecule has 0 unspecified atom stereocenters. The molecule has 0 radical (unpaired) electrons. The average molecular weight is 316 g/mol. The van der Waals surface area contributed by atoms with E-state index in [9.17, 15) is 9.59 Å². The average Bonchev–Trinajstić information content (AvgIpc) is 2.54. The van der Waals surface area contributed by atoms with Crippen LogP contribution in [0.15, 0.2) is 24.3 Å². The van der Waals surface area contributed by atoms with Crippen molar-refractivity contribution in [1.82, 2.24) is 0 Å². The molecule has 0 N–H and O–H groups in total. The molecule has 0 heterocycles. The second-order valence-corrected chi connectivity index (χ2v) is 7.55. The Bertz CT molecular complexity index is 560. The molecular formula is C20H28O3. The fourth-order valence-corrected chi connectivity index (χ4v) is 3.64. The van der Waals surface area contributed by atoms with E-state index in [4.69, 9.17) is 4.74 Å². The zero-order chi connectivity index (χ0) is 17.0. The number of esters is 1. The summed E-state index contributed by atoms with van der Waals surface area (Å²) in [5.41, 5.74) is 1.87. The predicted octanol–water partition coefficient (Wildman–Crippen LogP) is 4.75. The van der Waals surface area contributed by atoms with Gasteiger partial charge < -0.3 is 4.74 Å². The third-order valence-electron chi connectivity index (χ3n) is 5.06. The minimum atomic E-state index is -0.747. The first-order valence-electron chi connectivity index (χ1n) is 8.65. The molecule has 0 amide bonds. The summed E-state index contributed by atoms with van der Waals surface area (Å²) >= 11 is 0. The first-order valence-corrected chi connectivity index (χ1v) is 8.65. The molecule has 1 aromatic rings. The zero-order valence-corrected chi connectivity index (χ0v) is 14.7. The van der Waals surface area contributed by atoms with Crippen molar-refractivity contribution < 1.29 is 14.3 Å². The summed E-state index contributed by atoms with van der Waals surface area (Å²) in [5, 5.41) is 0. The van der Waals surface area contributed by atoms with Gasteiger partial charge in [-0.05, 0) is 55.4 Å². The first kappa shape index (κ1) is 17.7. The van der Waals surface area contributed by atoms with E-state index < -0.39 is 11.8 Å². The lowest BCUT2D eigenvalue weighted by Gasteiger charge is -2.37.